The Morgan fingerprint density at radius 1 is 1.50 bits per heavy atom. The van der Waals surface area contributed by atoms with Gasteiger partial charge in [-0.1, -0.05) is 6.92 Å². The Labute approximate surface area is 96.8 Å². The lowest BCUT2D eigenvalue weighted by Crippen LogP contribution is -2.42. The zero-order valence-electron chi connectivity index (χ0n) is 10.1. The topological polar surface area (TPSA) is 61.8 Å². The van der Waals surface area contributed by atoms with Crippen molar-refractivity contribution in [3.05, 3.63) is 0 Å². The van der Waals surface area contributed by atoms with E-state index in [1.807, 2.05) is 0 Å². The molecule has 1 heterocycles. The van der Waals surface area contributed by atoms with Crippen molar-refractivity contribution >= 4 is 5.91 Å². The van der Waals surface area contributed by atoms with Crippen LogP contribution >= 0.6 is 0 Å². The standard InChI is InChI=1S/C11H22N2O3/c1-9-7-12-8-10(9)11(15)13(3-5-14)4-6-16-2/h9-10,12,14H,3-8H2,1-2H3/t9-,10-/m1/s1. The Hall–Kier alpha value is -0.650. The molecule has 1 rings (SSSR count). The van der Waals surface area contributed by atoms with Crippen LogP contribution in [0.1, 0.15) is 6.92 Å². The maximum absolute atomic E-state index is 12.2. The van der Waals surface area contributed by atoms with E-state index in [1.54, 1.807) is 12.0 Å². The molecule has 5 nitrogen and oxygen atoms in total. The van der Waals surface area contributed by atoms with E-state index in [1.165, 1.54) is 0 Å². The van der Waals surface area contributed by atoms with Crippen LogP contribution in [0.4, 0.5) is 0 Å². The Balaban J connectivity index is 2.51. The van der Waals surface area contributed by atoms with Gasteiger partial charge < -0.3 is 20.1 Å². The lowest BCUT2D eigenvalue weighted by Gasteiger charge is -2.26. The molecule has 94 valence electrons. The predicted molar refractivity (Wildman–Crippen MR) is 61.1 cm³/mol. The summed E-state index contributed by atoms with van der Waals surface area (Å²) in [4.78, 5) is 13.9. The van der Waals surface area contributed by atoms with Crippen molar-refractivity contribution in [1.82, 2.24) is 10.2 Å². The minimum absolute atomic E-state index is 0.00395. The number of carbonyl (C=O) groups is 1. The first-order valence-corrected chi connectivity index (χ1v) is 5.80. The molecule has 0 aromatic carbocycles. The zero-order valence-corrected chi connectivity index (χ0v) is 10.1. The van der Waals surface area contributed by atoms with E-state index in [0.717, 1.165) is 13.1 Å². The van der Waals surface area contributed by atoms with Crippen LogP contribution in [0.2, 0.25) is 0 Å². The maximum atomic E-state index is 12.2. The van der Waals surface area contributed by atoms with Gasteiger partial charge in [-0.25, -0.2) is 0 Å². The van der Waals surface area contributed by atoms with Gasteiger partial charge in [0.25, 0.3) is 0 Å². The van der Waals surface area contributed by atoms with Crippen LogP contribution in [-0.4, -0.2) is 62.4 Å². The first-order chi connectivity index (χ1) is 7.70. The van der Waals surface area contributed by atoms with Crippen molar-refractivity contribution in [1.29, 1.82) is 0 Å². The van der Waals surface area contributed by atoms with Crippen LogP contribution in [0.3, 0.4) is 0 Å². The van der Waals surface area contributed by atoms with E-state index in [9.17, 15) is 4.79 Å². The second kappa shape index (κ2) is 6.83. The molecule has 1 amide bonds. The Kier molecular flexibility index (Phi) is 5.73. The van der Waals surface area contributed by atoms with Gasteiger partial charge in [-0.2, -0.15) is 0 Å². The number of rotatable bonds is 6. The van der Waals surface area contributed by atoms with Crippen molar-refractivity contribution < 1.29 is 14.6 Å². The summed E-state index contributed by atoms with van der Waals surface area (Å²) >= 11 is 0. The lowest BCUT2D eigenvalue weighted by atomic mass is 9.96. The normalized spacial score (nSPS) is 24.7. The van der Waals surface area contributed by atoms with Gasteiger partial charge in [0, 0.05) is 26.7 Å². The number of nitrogens with zero attached hydrogens (tertiary/aromatic N) is 1. The van der Waals surface area contributed by atoms with Crippen molar-refractivity contribution in [2.75, 3.05) is 46.5 Å². The molecule has 16 heavy (non-hydrogen) atoms. The highest BCUT2D eigenvalue weighted by molar-refractivity contribution is 5.79. The summed E-state index contributed by atoms with van der Waals surface area (Å²) in [7, 11) is 1.61. The first-order valence-electron chi connectivity index (χ1n) is 5.80. The van der Waals surface area contributed by atoms with Gasteiger partial charge in [0.2, 0.25) is 5.91 Å². The molecule has 0 unspecified atom stereocenters. The number of ether oxygens (including phenoxy) is 1. The first kappa shape index (κ1) is 13.4. The highest BCUT2D eigenvalue weighted by Crippen LogP contribution is 2.18. The minimum Gasteiger partial charge on any atom is -0.395 e. The number of aliphatic hydroxyl groups excluding tert-OH is 1. The van der Waals surface area contributed by atoms with E-state index in [0.29, 0.717) is 25.6 Å². The molecule has 0 spiro atoms. The van der Waals surface area contributed by atoms with Gasteiger partial charge in [-0.3, -0.25) is 4.79 Å². The molecule has 1 fully saturated rings. The van der Waals surface area contributed by atoms with Crippen LogP contribution < -0.4 is 5.32 Å². The average Bonchev–Trinajstić information content (AvgIpc) is 2.69. The fourth-order valence-corrected chi connectivity index (χ4v) is 2.03. The highest BCUT2D eigenvalue weighted by atomic mass is 16.5. The minimum atomic E-state index is 0.00395. The number of hydrogen-bond acceptors (Lipinski definition) is 4. The molecule has 1 aliphatic heterocycles. The summed E-state index contributed by atoms with van der Waals surface area (Å²) < 4.78 is 4.97. The zero-order chi connectivity index (χ0) is 12.0. The summed E-state index contributed by atoms with van der Waals surface area (Å²) in [6.45, 7) is 5.19. The van der Waals surface area contributed by atoms with Crippen molar-refractivity contribution in [3.63, 3.8) is 0 Å². The Morgan fingerprint density at radius 3 is 2.75 bits per heavy atom. The summed E-state index contributed by atoms with van der Waals surface area (Å²) in [5, 5.41) is 12.2. The molecule has 2 N–H and O–H groups in total. The van der Waals surface area contributed by atoms with Crippen molar-refractivity contribution in [2.24, 2.45) is 11.8 Å². The molecule has 0 aromatic heterocycles. The molecule has 1 aliphatic rings. The summed E-state index contributed by atoms with van der Waals surface area (Å²) in [5.74, 6) is 0.545. The molecule has 0 saturated carbocycles. The van der Waals surface area contributed by atoms with Crippen LogP contribution in [0, 0.1) is 11.8 Å². The van der Waals surface area contributed by atoms with E-state index in [-0.39, 0.29) is 18.4 Å². The van der Waals surface area contributed by atoms with Gasteiger partial charge >= 0.3 is 0 Å². The average molecular weight is 230 g/mol. The number of nitrogens with one attached hydrogen (secondary N) is 1. The van der Waals surface area contributed by atoms with E-state index in [2.05, 4.69) is 12.2 Å². The van der Waals surface area contributed by atoms with Crippen molar-refractivity contribution in [3.8, 4) is 0 Å². The lowest BCUT2D eigenvalue weighted by molar-refractivity contribution is -0.137. The van der Waals surface area contributed by atoms with Crippen LogP contribution in [0.5, 0.6) is 0 Å². The predicted octanol–water partition coefficient (Wildman–Crippen LogP) is -0.691. The third kappa shape index (κ3) is 3.43. The second-order valence-corrected chi connectivity index (χ2v) is 4.28. The number of hydrogen-bond donors (Lipinski definition) is 2. The highest BCUT2D eigenvalue weighted by Gasteiger charge is 2.32. The SMILES string of the molecule is COCCN(CCO)C(=O)[C@@H]1CNC[C@H]1C. The Bertz CT molecular complexity index is 223. The molecule has 0 radical (unpaired) electrons. The van der Waals surface area contributed by atoms with E-state index >= 15 is 0 Å². The van der Waals surface area contributed by atoms with Crippen LogP contribution in [-0.2, 0) is 9.53 Å². The molecule has 0 bridgehead atoms. The number of aliphatic hydroxyl groups is 1. The largest absolute Gasteiger partial charge is 0.395 e. The molecular weight excluding hydrogens is 208 g/mol. The smallest absolute Gasteiger partial charge is 0.227 e. The van der Waals surface area contributed by atoms with E-state index < -0.39 is 0 Å². The number of amides is 1. The summed E-state index contributed by atoms with van der Waals surface area (Å²) in [6, 6.07) is 0. The molecule has 5 heteroatoms. The molecule has 0 aliphatic carbocycles. The van der Waals surface area contributed by atoms with Crippen LogP contribution in [0.15, 0.2) is 0 Å². The molecule has 0 aromatic rings. The number of methoxy groups -OCH3 is 1. The maximum Gasteiger partial charge on any atom is 0.227 e. The second-order valence-electron chi connectivity index (χ2n) is 4.28. The van der Waals surface area contributed by atoms with Gasteiger partial charge in [-0.15, -0.1) is 0 Å². The third-order valence-corrected chi connectivity index (χ3v) is 3.08. The number of carbonyl (C=O) groups excluding carboxylic acids is 1. The van der Waals surface area contributed by atoms with Gasteiger partial charge in [0.1, 0.15) is 0 Å². The summed E-state index contributed by atoms with van der Waals surface area (Å²) in [6.07, 6.45) is 0. The Morgan fingerprint density at radius 2 is 2.25 bits per heavy atom. The molecule has 1 saturated heterocycles. The van der Waals surface area contributed by atoms with Gasteiger partial charge in [-0.05, 0) is 12.5 Å². The summed E-state index contributed by atoms with van der Waals surface area (Å²) in [5.41, 5.74) is 0. The molecule has 2 atom stereocenters. The third-order valence-electron chi connectivity index (χ3n) is 3.08. The van der Waals surface area contributed by atoms with Gasteiger partial charge in [0.05, 0.1) is 19.1 Å². The van der Waals surface area contributed by atoms with Gasteiger partial charge in [0.15, 0.2) is 0 Å². The quantitative estimate of drug-likeness (QED) is 0.634. The monoisotopic (exact) mass is 230 g/mol. The fraction of sp³-hybridized carbons (Fsp3) is 0.909. The molecular formula is C11H22N2O3. The van der Waals surface area contributed by atoms with Crippen molar-refractivity contribution in [2.45, 2.75) is 6.92 Å². The van der Waals surface area contributed by atoms with Crippen LogP contribution in [0.25, 0.3) is 0 Å². The van der Waals surface area contributed by atoms with E-state index in [4.69, 9.17) is 9.84 Å². The fourth-order valence-electron chi connectivity index (χ4n) is 2.03.